The molecule has 2 aromatic rings. The topological polar surface area (TPSA) is 152 Å². The zero-order valence-electron chi connectivity index (χ0n) is 20.1. The molecule has 2 aromatic carbocycles. The molecule has 10 heteroatoms. The van der Waals surface area contributed by atoms with E-state index in [0.717, 1.165) is 11.1 Å². The molecule has 35 heavy (non-hydrogen) atoms. The smallest absolute Gasteiger partial charge is 0.408 e. The summed E-state index contributed by atoms with van der Waals surface area (Å²) in [6.07, 6.45) is -0.811. The van der Waals surface area contributed by atoms with E-state index in [1.165, 1.54) is 0 Å². The molecule has 1 atom stereocenters. The number of nitrogens with one attached hydrogen (secondary N) is 2. The zero-order valence-corrected chi connectivity index (χ0v) is 20.1. The highest BCUT2D eigenvalue weighted by atomic mass is 16.6. The number of amidine groups is 1. The molecular weight excluding hydrogens is 452 g/mol. The minimum atomic E-state index is -1.01. The Morgan fingerprint density at radius 3 is 2.29 bits per heavy atom. The van der Waals surface area contributed by atoms with Gasteiger partial charge in [0.15, 0.2) is 5.84 Å². The van der Waals surface area contributed by atoms with Crippen LogP contribution in [0.25, 0.3) is 0 Å². The number of alkyl carbamates (subject to hydrolysis) is 1. The van der Waals surface area contributed by atoms with E-state index < -0.39 is 29.6 Å². The normalized spacial score (nSPS) is 12.4. The van der Waals surface area contributed by atoms with Crippen LogP contribution in [0, 0.1) is 0 Å². The number of carbonyl (C=O) groups is 3. The Morgan fingerprint density at radius 2 is 1.69 bits per heavy atom. The molecule has 2 amide bonds. The van der Waals surface area contributed by atoms with E-state index >= 15 is 0 Å². The average molecular weight is 485 g/mol. The van der Waals surface area contributed by atoms with E-state index in [2.05, 4.69) is 15.8 Å². The first-order valence-corrected chi connectivity index (χ1v) is 11.1. The molecule has 2 rings (SSSR count). The monoisotopic (exact) mass is 484 g/mol. The van der Waals surface area contributed by atoms with Crippen molar-refractivity contribution in [2.45, 2.75) is 58.4 Å². The van der Waals surface area contributed by atoms with Gasteiger partial charge in [-0.2, -0.15) is 0 Å². The van der Waals surface area contributed by atoms with E-state index in [9.17, 15) is 14.4 Å². The molecule has 10 nitrogen and oxygen atoms in total. The molecule has 0 unspecified atom stereocenters. The number of esters is 1. The fourth-order valence-corrected chi connectivity index (χ4v) is 2.95. The first-order valence-electron chi connectivity index (χ1n) is 11.1. The van der Waals surface area contributed by atoms with E-state index in [1.54, 1.807) is 45.0 Å². The second-order valence-electron chi connectivity index (χ2n) is 8.78. The van der Waals surface area contributed by atoms with Gasteiger partial charge in [0.05, 0.1) is 0 Å². The van der Waals surface area contributed by atoms with Crippen molar-refractivity contribution in [1.82, 2.24) is 10.6 Å². The highest BCUT2D eigenvalue weighted by Crippen LogP contribution is 2.10. The SMILES string of the molecule is CC(C)(C)OC(=O)N[C@@H](CCC(=O)OCc1ccccc1)C(=O)NCc1ccc(/C(N)=N/O)cc1. The lowest BCUT2D eigenvalue weighted by atomic mass is 10.1. The standard InChI is InChI=1S/C25H32N4O6/c1-25(2,3)35-24(32)28-20(13-14-21(30)34-16-18-7-5-4-6-8-18)23(31)27-15-17-9-11-19(12-10-17)22(26)29-33/h4-12,20,33H,13-16H2,1-3H3,(H2,26,29)(H,27,31)(H,28,32)/t20-/m0/s1. The predicted octanol–water partition coefficient (Wildman–Crippen LogP) is 2.81. The summed E-state index contributed by atoms with van der Waals surface area (Å²) in [6.45, 7) is 5.42. The summed E-state index contributed by atoms with van der Waals surface area (Å²) in [7, 11) is 0. The van der Waals surface area contributed by atoms with Crippen molar-refractivity contribution >= 4 is 23.8 Å². The van der Waals surface area contributed by atoms with E-state index in [-0.39, 0.29) is 31.8 Å². The molecule has 5 N–H and O–H groups in total. The van der Waals surface area contributed by atoms with Crippen LogP contribution in [-0.4, -0.2) is 40.7 Å². The van der Waals surface area contributed by atoms with Gasteiger partial charge in [-0.15, -0.1) is 0 Å². The van der Waals surface area contributed by atoms with Crippen molar-refractivity contribution in [1.29, 1.82) is 0 Å². The Bertz CT molecular complexity index is 1020. The Morgan fingerprint density at radius 1 is 1.03 bits per heavy atom. The van der Waals surface area contributed by atoms with Crippen LogP contribution in [0.5, 0.6) is 0 Å². The summed E-state index contributed by atoms with van der Waals surface area (Å²) in [4.78, 5) is 37.3. The molecule has 0 aliphatic carbocycles. The predicted molar refractivity (Wildman–Crippen MR) is 129 cm³/mol. The number of hydrogen-bond acceptors (Lipinski definition) is 7. The van der Waals surface area contributed by atoms with Gasteiger partial charge in [-0.25, -0.2) is 4.79 Å². The number of nitrogens with two attached hydrogens (primary N) is 1. The minimum Gasteiger partial charge on any atom is -0.461 e. The quantitative estimate of drug-likeness (QED) is 0.133. The highest BCUT2D eigenvalue weighted by molar-refractivity contribution is 5.97. The van der Waals surface area contributed by atoms with Crippen molar-refractivity contribution in [3.63, 3.8) is 0 Å². The lowest BCUT2D eigenvalue weighted by molar-refractivity contribution is -0.145. The third-order valence-corrected chi connectivity index (χ3v) is 4.71. The summed E-state index contributed by atoms with van der Waals surface area (Å²) in [6, 6.07) is 14.9. The molecule has 0 saturated carbocycles. The van der Waals surface area contributed by atoms with Crippen LogP contribution in [0.3, 0.4) is 0 Å². The van der Waals surface area contributed by atoms with Gasteiger partial charge in [-0.1, -0.05) is 59.8 Å². The van der Waals surface area contributed by atoms with Gasteiger partial charge in [-0.05, 0) is 38.3 Å². The lowest BCUT2D eigenvalue weighted by Gasteiger charge is -2.23. The molecule has 0 fully saturated rings. The number of carbonyl (C=O) groups excluding carboxylic acids is 3. The van der Waals surface area contributed by atoms with Gasteiger partial charge < -0.3 is 31.0 Å². The van der Waals surface area contributed by atoms with E-state index in [0.29, 0.717) is 5.56 Å². The van der Waals surface area contributed by atoms with Crippen LogP contribution >= 0.6 is 0 Å². The Balaban J connectivity index is 1.96. The third kappa shape index (κ3) is 10.2. The van der Waals surface area contributed by atoms with Crippen LogP contribution < -0.4 is 16.4 Å². The molecule has 0 aliphatic rings. The van der Waals surface area contributed by atoms with Gasteiger partial charge in [-0.3, -0.25) is 9.59 Å². The number of nitrogens with zero attached hydrogens (tertiary/aromatic N) is 1. The van der Waals surface area contributed by atoms with Crippen LogP contribution in [-0.2, 0) is 32.2 Å². The highest BCUT2D eigenvalue weighted by Gasteiger charge is 2.25. The zero-order chi connectivity index (χ0) is 25.8. The molecule has 0 aromatic heterocycles. The maximum Gasteiger partial charge on any atom is 0.408 e. The Labute approximate surface area is 204 Å². The first-order chi connectivity index (χ1) is 16.6. The maximum absolute atomic E-state index is 12.8. The third-order valence-electron chi connectivity index (χ3n) is 4.71. The number of benzene rings is 2. The van der Waals surface area contributed by atoms with Crippen LogP contribution in [0.15, 0.2) is 59.8 Å². The van der Waals surface area contributed by atoms with Gasteiger partial charge in [0.1, 0.15) is 18.2 Å². The van der Waals surface area contributed by atoms with Gasteiger partial charge >= 0.3 is 12.1 Å². The van der Waals surface area contributed by atoms with Crippen LogP contribution in [0.1, 0.15) is 50.3 Å². The lowest BCUT2D eigenvalue weighted by Crippen LogP contribution is -2.48. The molecule has 0 heterocycles. The van der Waals surface area contributed by atoms with Crippen molar-refractivity contribution < 1.29 is 29.1 Å². The van der Waals surface area contributed by atoms with Gasteiger partial charge in [0.2, 0.25) is 5.91 Å². The minimum absolute atomic E-state index is 0.0265. The average Bonchev–Trinajstić information content (AvgIpc) is 2.83. The molecular formula is C25H32N4O6. The van der Waals surface area contributed by atoms with Crippen molar-refractivity contribution in [3.8, 4) is 0 Å². The van der Waals surface area contributed by atoms with Gasteiger partial charge in [0, 0.05) is 18.5 Å². The summed E-state index contributed by atoms with van der Waals surface area (Å²) in [5.74, 6) is -0.995. The molecule has 188 valence electrons. The molecule has 0 aliphatic heterocycles. The van der Waals surface area contributed by atoms with Crippen molar-refractivity contribution in [3.05, 3.63) is 71.3 Å². The Hall–Kier alpha value is -4.08. The molecule has 0 bridgehead atoms. The second-order valence-corrected chi connectivity index (χ2v) is 8.78. The largest absolute Gasteiger partial charge is 0.461 e. The summed E-state index contributed by atoms with van der Waals surface area (Å²) in [5, 5.41) is 17.0. The number of oxime groups is 1. The van der Waals surface area contributed by atoms with E-state index in [1.807, 2.05) is 30.3 Å². The number of rotatable bonds is 10. The fraction of sp³-hybridized carbons (Fsp3) is 0.360. The number of ether oxygens (including phenoxy) is 2. The maximum atomic E-state index is 12.8. The molecule has 0 radical (unpaired) electrons. The summed E-state index contributed by atoms with van der Waals surface area (Å²) >= 11 is 0. The van der Waals surface area contributed by atoms with Gasteiger partial charge in [0.25, 0.3) is 0 Å². The Kier molecular flexibility index (Phi) is 10.1. The first kappa shape index (κ1) is 27.2. The van der Waals surface area contributed by atoms with Crippen LogP contribution in [0.4, 0.5) is 4.79 Å². The van der Waals surface area contributed by atoms with Crippen molar-refractivity contribution in [2.75, 3.05) is 0 Å². The summed E-state index contributed by atoms with van der Waals surface area (Å²) in [5.41, 5.74) is 6.93. The summed E-state index contributed by atoms with van der Waals surface area (Å²) < 4.78 is 10.5. The number of hydrogen-bond donors (Lipinski definition) is 4. The number of amides is 2. The van der Waals surface area contributed by atoms with Crippen molar-refractivity contribution in [2.24, 2.45) is 10.9 Å². The molecule has 0 saturated heterocycles. The van der Waals surface area contributed by atoms with E-state index in [4.69, 9.17) is 20.4 Å². The molecule has 0 spiro atoms. The van der Waals surface area contributed by atoms with Crippen LogP contribution in [0.2, 0.25) is 0 Å². The fourth-order valence-electron chi connectivity index (χ4n) is 2.95. The second kappa shape index (κ2) is 13.0.